The molecule has 0 atom stereocenters. The molecule has 1 aromatic heterocycles. The van der Waals surface area contributed by atoms with E-state index in [0.29, 0.717) is 18.7 Å². The van der Waals surface area contributed by atoms with Gasteiger partial charge in [-0.3, -0.25) is 9.59 Å². The first-order valence-corrected chi connectivity index (χ1v) is 6.48. The fraction of sp³-hybridized carbons (Fsp3) is 0.286. The highest BCUT2D eigenvalue weighted by Crippen LogP contribution is 2.14. The van der Waals surface area contributed by atoms with E-state index in [-0.39, 0.29) is 18.6 Å². The van der Waals surface area contributed by atoms with Gasteiger partial charge in [0.05, 0.1) is 0 Å². The van der Waals surface area contributed by atoms with Crippen LogP contribution in [0.4, 0.5) is 0 Å². The fourth-order valence-electron chi connectivity index (χ4n) is 1.84. The van der Waals surface area contributed by atoms with E-state index in [1.165, 1.54) is 6.33 Å². The Morgan fingerprint density at radius 3 is 2.29 bits per heavy atom. The molecule has 0 aliphatic heterocycles. The van der Waals surface area contributed by atoms with Crippen molar-refractivity contribution in [1.82, 2.24) is 20.4 Å². The number of benzene rings is 1. The first-order valence-electron chi connectivity index (χ1n) is 6.48. The van der Waals surface area contributed by atoms with Crippen LogP contribution in [-0.4, -0.2) is 37.3 Å². The zero-order valence-corrected chi connectivity index (χ0v) is 11.3. The van der Waals surface area contributed by atoms with Crippen LogP contribution < -0.4 is 0 Å². The molecule has 2 aromatic rings. The Morgan fingerprint density at radius 2 is 1.67 bits per heavy atom. The normalized spacial score (nSPS) is 10.3. The number of hydrogen-bond donors (Lipinski definition) is 1. The minimum Gasteiger partial charge on any atom is -0.481 e. The Morgan fingerprint density at radius 1 is 1.00 bits per heavy atom. The predicted octanol–water partition coefficient (Wildman–Crippen LogP) is 1.30. The smallest absolute Gasteiger partial charge is 0.303 e. The molecule has 0 unspecified atom stereocenters. The van der Waals surface area contributed by atoms with Crippen molar-refractivity contribution in [3.05, 3.63) is 36.2 Å². The lowest BCUT2D eigenvalue weighted by atomic mass is 10.0. The number of Topliss-reactive ketones (excluding diaryl/α,β-unsaturated/α-hetero) is 1. The Balaban J connectivity index is 1.91. The molecule has 2 rings (SSSR count). The van der Waals surface area contributed by atoms with Crippen LogP contribution >= 0.6 is 0 Å². The van der Waals surface area contributed by atoms with Gasteiger partial charge in [-0.25, -0.2) is 0 Å². The molecule has 21 heavy (non-hydrogen) atoms. The van der Waals surface area contributed by atoms with Crippen molar-refractivity contribution in [2.24, 2.45) is 0 Å². The molecule has 0 saturated carbocycles. The van der Waals surface area contributed by atoms with Gasteiger partial charge in [-0.15, -0.1) is 20.4 Å². The van der Waals surface area contributed by atoms with E-state index in [1.807, 2.05) is 12.1 Å². The van der Waals surface area contributed by atoms with Crippen LogP contribution in [0, 0.1) is 0 Å². The lowest BCUT2D eigenvalue weighted by Crippen LogP contribution is -2.04. The van der Waals surface area contributed by atoms with Gasteiger partial charge >= 0.3 is 5.97 Å². The SMILES string of the molecule is O=C(O)CCCC(=O)Cc1ccc(-c2nncnn2)cc1. The Bertz CT molecular complexity index is 614. The van der Waals surface area contributed by atoms with E-state index in [4.69, 9.17) is 5.11 Å². The quantitative estimate of drug-likeness (QED) is 0.817. The van der Waals surface area contributed by atoms with Gasteiger partial charge < -0.3 is 5.11 Å². The maximum Gasteiger partial charge on any atom is 0.303 e. The summed E-state index contributed by atoms with van der Waals surface area (Å²) in [7, 11) is 0. The molecule has 0 fully saturated rings. The average molecular weight is 286 g/mol. The summed E-state index contributed by atoms with van der Waals surface area (Å²) in [5, 5.41) is 23.5. The van der Waals surface area contributed by atoms with E-state index < -0.39 is 5.97 Å². The first kappa shape index (κ1) is 14.7. The summed E-state index contributed by atoms with van der Waals surface area (Å²) in [6.45, 7) is 0. The largest absolute Gasteiger partial charge is 0.481 e. The van der Waals surface area contributed by atoms with Gasteiger partial charge in [0.2, 0.25) is 5.82 Å². The number of rotatable bonds is 7. The maximum atomic E-state index is 11.7. The number of nitrogens with zero attached hydrogens (tertiary/aromatic N) is 4. The minimum atomic E-state index is -0.878. The van der Waals surface area contributed by atoms with Crippen LogP contribution in [0.2, 0.25) is 0 Å². The molecular weight excluding hydrogens is 272 g/mol. The number of carboxylic acids is 1. The maximum absolute atomic E-state index is 11.7. The minimum absolute atomic E-state index is 0.0238. The second-order valence-corrected chi connectivity index (χ2v) is 4.53. The Labute approximate surface area is 121 Å². The summed E-state index contributed by atoms with van der Waals surface area (Å²) in [5.41, 5.74) is 1.65. The molecule has 108 valence electrons. The number of hydrogen-bond acceptors (Lipinski definition) is 6. The van der Waals surface area contributed by atoms with Crippen molar-refractivity contribution in [3.63, 3.8) is 0 Å². The summed E-state index contributed by atoms with van der Waals surface area (Å²) in [5.74, 6) is -0.419. The summed E-state index contributed by atoms with van der Waals surface area (Å²) < 4.78 is 0. The highest BCUT2D eigenvalue weighted by molar-refractivity contribution is 5.81. The zero-order chi connectivity index (χ0) is 15.1. The topological polar surface area (TPSA) is 106 Å². The van der Waals surface area contributed by atoms with E-state index in [0.717, 1.165) is 11.1 Å². The number of ketones is 1. The van der Waals surface area contributed by atoms with Crippen LogP contribution in [-0.2, 0) is 16.0 Å². The number of aromatic nitrogens is 4. The van der Waals surface area contributed by atoms with Gasteiger partial charge in [-0.1, -0.05) is 24.3 Å². The van der Waals surface area contributed by atoms with Crippen LogP contribution in [0.15, 0.2) is 30.6 Å². The molecule has 1 N–H and O–H groups in total. The van der Waals surface area contributed by atoms with Crippen molar-refractivity contribution in [2.45, 2.75) is 25.7 Å². The fourth-order valence-corrected chi connectivity index (χ4v) is 1.84. The van der Waals surface area contributed by atoms with Crippen molar-refractivity contribution < 1.29 is 14.7 Å². The average Bonchev–Trinajstić information content (AvgIpc) is 2.48. The molecule has 7 heteroatoms. The Kier molecular flexibility index (Phi) is 5.03. The van der Waals surface area contributed by atoms with E-state index >= 15 is 0 Å². The third-order valence-electron chi connectivity index (χ3n) is 2.87. The zero-order valence-electron chi connectivity index (χ0n) is 11.3. The highest BCUT2D eigenvalue weighted by atomic mass is 16.4. The van der Waals surface area contributed by atoms with Gasteiger partial charge in [-0.05, 0) is 12.0 Å². The number of carbonyl (C=O) groups excluding carboxylic acids is 1. The van der Waals surface area contributed by atoms with E-state index in [9.17, 15) is 9.59 Å². The standard InChI is InChI=1S/C14H14N4O3/c19-12(2-1-3-13(20)21)8-10-4-6-11(7-5-10)14-17-15-9-16-18-14/h4-7,9H,1-3,8H2,(H,20,21). The van der Waals surface area contributed by atoms with E-state index in [2.05, 4.69) is 20.4 Å². The van der Waals surface area contributed by atoms with Gasteiger partial charge in [0.25, 0.3) is 0 Å². The lowest BCUT2D eigenvalue weighted by molar-refractivity contribution is -0.137. The highest BCUT2D eigenvalue weighted by Gasteiger charge is 2.07. The van der Waals surface area contributed by atoms with Crippen LogP contribution in [0.1, 0.15) is 24.8 Å². The predicted molar refractivity (Wildman–Crippen MR) is 73.3 cm³/mol. The molecule has 0 saturated heterocycles. The van der Waals surface area contributed by atoms with Gasteiger partial charge in [0, 0.05) is 24.8 Å². The molecular formula is C14H14N4O3. The molecule has 0 aliphatic rings. The summed E-state index contributed by atoms with van der Waals surface area (Å²) >= 11 is 0. The molecule has 1 heterocycles. The molecule has 0 amide bonds. The second-order valence-electron chi connectivity index (χ2n) is 4.53. The van der Waals surface area contributed by atoms with Crippen molar-refractivity contribution in [3.8, 4) is 11.4 Å². The molecule has 0 bridgehead atoms. The third-order valence-corrected chi connectivity index (χ3v) is 2.87. The first-order chi connectivity index (χ1) is 10.1. The van der Waals surface area contributed by atoms with Crippen molar-refractivity contribution in [2.75, 3.05) is 0 Å². The van der Waals surface area contributed by atoms with Crippen molar-refractivity contribution >= 4 is 11.8 Å². The third kappa shape index (κ3) is 4.72. The monoisotopic (exact) mass is 286 g/mol. The number of carboxylic acid groups (broad SMARTS) is 1. The van der Waals surface area contributed by atoms with Crippen molar-refractivity contribution in [1.29, 1.82) is 0 Å². The number of aliphatic carboxylic acids is 1. The van der Waals surface area contributed by atoms with Gasteiger partial charge in [-0.2, -0.15) is 0 Å². The van der Waals surface area contributed by atoms with Gasteiger partial charge in [0.1, 0.15) is 5.78 Å². The lowest BCUT2D eigenvalue weighted by Gasteiger charge is -2.02. The summed E-state index contributed by atoms with van der Waals surface area (Å²) in [4.78, 5) is 22.1. The van der Waals surface area contributed by atoms with Crippen LogP contribution in [0.3, 0.4) is 0 Å². The Hall–Kier alpha value is -2.70. The summed E-state index contributed by atoms with van der Waals surface area (Å²) in [6.07, 6.45) is 2.24. The molecule has 0 spiro atoms. The summed E-state index contributed by atoms with van der Waals surface area (Å²) in [6, 6.07) is 7.25. The molecule has 0 radical (unpaired) electrons. The second kappa shape index (κ2) is 7.18. The number of carbonyl (C=O) groups is 2. The van der Waals surface area contributed by atoms with Gasteiger partial charge in [0.15, 0.2) is 6.33 Å². The molecule has 1 aromatic carbocycles. The van der Waals surface area contributed by atoms with Crippen LogP contribution in [0.25, 0.3) is 11.4 Å². The van der Waals surface area contributed by atoms with Crippen LogP contribution in [0.5, 0.6) is 0 Å². The molecule has 0 aliphatic carbocycles. The van der Waals surface area contributed by atoms with E-state index in [1.54, 1.807) is 12.1 Å². The molecule has 7 nitrogen and oxygen atoms in total.